The number of carbonyl (C=O) groups excluding carboxylic acids is 2. The summed E-state index contributed by atoms with van der Waals surface area (Å²) in [5, 5.41) is 3.22. The molecule has 86 valence electrons. The molecule has 1 aliphatic rings. The summed E-state index contributed by atoms with van der Waals surface area (Å²) in [5.41, 5.74) is 0.153. The monoisotopic (exact) mass is 212 g/mol. The van der Waals surface area contributed by atoms with E-state index >= 15 is 0 Å². The van der Waals surface area contributed by atoms with Crippen molar-refractivity contribution in [2.24, 2.45) is 5.41 Å². The van der Waals surface area contributed by atoms with E-state index in [0.29, 0.717) is 12.8 Å². The fourth-order valence-corrected chi connectivity index (χ4v) is 1.53. The number of hydrogen-bond acceptors (Lipinski definition) is 3. The molecule has 0 aromatic rings. The van der Waals surface area contributed by atoms with E-state index in [0.717, 1.165) is 6.54 Å². The van der Waals surface area contributed by atoms with Gasteiger partial charge >= 0.3 is 0 Å². The van der Waals surface area contributed by atoms with Crippen molar-refractivity contribution in [3.63, 3.8) is 0 Å². The smallest absolute Gasteiger partial charge is 0.246 e. The third-order valence-electron chi connectivity index (χ3n) is 2.53. The third-order valence-corrected chi connectivity index (χ3v) is 2.53. The Morgan fingerprint density at radius 3 is 2.53 bits per heavy atom. The lowest BCUT2D eigenvalue weighted by molar-refractivity contribution is -0.148. The molecule has 0 aliphatic carbocycles. The predicted octanol–water partition coefficient (Wildman–Crippen LogP) is 0.769. The molecule has 15 heavy (non-hydrogen) atoms. The fourth-order valence-electron chi connectivity index (χ4n) is 1.53. The average molecular weight is 212 g/mol. The number of imide groups is 1. The summed E-state index contributed by atoms with van der Waals surface area (Å²) in [5.74, 6) is -0.177. The van der Waals surface area contributed by atoms with Gasteiger partial charge < -0.3 is 5.32 Å². The Morgan fingerprint density at radius 2 is 2.00 bits per heavy atom. The quantitative estimate of drug-likeness (QED) is 0.688. The van der Waals surface area contributed by atoms with Crippen LogP contribution in [0.2, 0.25) is 0 Å². The second kappa shape index (κ2) is 4.31. The number of nitrogens with one attached hydrogen (secondary N) is 1. The van der Waals surface area contributed by atoms with Crippen LogP contribution in [0.25, 0.3) is 0 Å². The number of hydrogen-bond donors (Lipinski definition) is 1. The molecule has 0 spiro atoms. The first-order valence-corrected chi connectivity index (χ1v) is 5.35. The van der Waals surface area contributed by atoms with Crippen molar-refractivity contribution >= 4 is 11.8 Å². The van der Waals surface area contributed by atoms with Gasteiger partial charge in [-0.3, -0.25) is 14.5 Å². The summed E-state index contributed by atoms with van der Waals surface area (Å²) in [6, 6.07) is -0.188. The normalized spacial score (nSPS) is 23.5. The van der Waals surface area contributed by atoms with Gasteiger partial charge in [0, 0.05) is 20.0 Å². The summed E-state index contributed by atoms with van der Waals surface area (Å²) < 4.78 is 0. The molecule has 1 atom stereocenters. The molecule has 2 amide bonds. The zero-order valence-corrected chi connectivity index (χ0v) is 9.96. The van der Waals surface area contributed by atoms with Crippen LogP contribution in [0, 0.1) is 5.41 Å². The van der Waals surface area contributed by atoms with Crippen molar-refractivity contribution in [2.45, 2.75) is 39.7 Å². The van der Waals surface area contributed by atoms with Gasteiger partial charge in [-0.15, -0.1) is 0 Å². The van der Waals surface area contributed by atoms with Crippen molar-refractivity contribution in [3.05, 3.63) is 0 Å². The molecule has 1 saturated heterocycles. The van der Waals surface area contributed by atoms with Gasteiger partial charge in [0.2, 0.25) is 11.8 Å². The number of likely N-dealkylation sites (N-methyl/N-ethyl adjacent to an activating group) is 1. The molecular formula is C11H20N2O2. The van der Waals surface area contributed by atoms with E-state index in [1.165, 1.54) is 4.90 Å². The Kier molecular flexibility index (Phi) is 3.50. The van der Waals surface area contributed by atoms with Crippen molar-refractivity contribution in [2.75, 3.05) is 13.6 Å². The van der Waals surface area contributed by atoms with E-state index in [4.69, 9.17) is 0 Å². The molecule has 1 heterocycles. The van der Waals surface area contributed by atoms with Gasteiger partial charge in [-0.05, 0) is 11.8 Å². The van der Waals surface area contributed by atoms with Gasteiger partial charge in [-0.25, -0.2) is 0 Å². The number of nitrogens with zero attached hydrogens (tertiary/aromatic N) is 1. The maximum absolute atomic E-state index is 11.7. The molecular weight excluding hydrogens is 192 g/mol. The summed E-state index contributed by atoms with van der Waals surface area (Å²) in [7, 11) is 1.55. The van der Waals surface area contributed by atoms with Gasteiger partial charge in [-0.2, -0.15) is 0 Å². The topological polar surface area (TPSA) is 49.4 Å². The lowest BCUT2D eigenvalue weighted by atomic mass is 9.95. The number of piperidine rings is 1. The van der Waals surface area contributed by atoms with Crippen LogP contribution in [0.3, 0.4) is 0 Å². The summed E-state index contributed by atoms with van der Waals surface area (Å²) in [6.07, 6.45) is 1.09. The highest BCUT2D eigenvalue weighted by Gasteiger charge is 2.31. The number of likely N-dealkylation sites (tertiary alicyclic amines) is 1. The second-order valence-electron chi connectivity index (χ2n) is 5.32. The van der Waals surface area contributed by atoms with Crippen LogP contribution in [0.5, 0.6) is 0 Å². The van der Waals surface area contributed by atoms with Crippen molar-refractivity contribution in [3.8, 4) is 0 Å². The highest BCUT2D eigenvalue weighted by Crippen LogP contribution is 2.15. The number of rotatable bonds is 2. The van der Waals surface area contributed by atoms with Crippen LogP contribution in [0.4, 0.5) is 0 Å². The Hall–Kier alpha value is -0.900. The highest BCUT2D eigenvalue weighted by atomic mass is 16.2. The maximum atomic E-state index is 11.7. The Morgan fingerprint density at radius 1 is 1.40 bits per heavy atom. The first-order valence-electron chi connectivity index (χ1n) is 5.35. The summed E-state index contributed by atoms with van der Waals surface area (Å²) >= 11 is 0. The first kappa shape index (κ1) is 12.2. The van der Waals surface area contributed by atoms with E-state index in [-0.39, 0.29) is 23.3 Å². The van der Waals surface area contributed by atoms with Gasteiger partial charge in [0.25, 0.3) is 0 Å². The first-order chi connectivity index (χ1) is 6.81. The van der Waals surface area contributed by atoms with Crippen molar-refractivity contribution < 1.29 is 9.59 Å². The molecule has 1 aliphatic heterocycles. The highest BCUT2D eigenvalue weighted by molar-refractivity contribution is 6.00. The lowest BCUT2D eigenvalue weighted by Crippen LogP contribution is -2.52. The molecule has 1 rings (SSSR count). The lowest BCUT2D eigenvalue weighted by Gasteiger charge is -2.30. The van der Waals surface area contributed by atoms with Gasteiger partial charge in [0.15, 0.2) is 0 Å². The number of carbonyl (C=O) groups is 2. The standard InChI is InChI=1S/C11H20N2O2/c1-11(2,3)7-12-8-5-6-9(14)13(4)10(8)15/h8,12H,5-7H2,1-4H3. The van der Waals surface area contributed by atoms with Crippen LogP contribution in [-0.4, -0.2) is 36.3 Å². The van der Waals surface area contributed by atoms with E-state index in [2.05, 4.69) is 26.1 Å². The molecule has 0 radical (unpaired) electrons. The van der Waals surface area contributed by atoms with Gasteiger partial charge in [0.1, 0.15) is 0 Å². The van der Waals surface area contributed by atoms with E-state index < -0.39 is 0 Å². The fraction of sp³-hybridized carbons (Fsp3) is 0.818. The van der Waals surface area contributed by atoms with Crippen LogP contribution in [-0.2, 0) is 9.59 Å². The largest absolute Gasteiger partial charge is 0.305 e. The van der Waals surface area contributed by atoms with Gasteiger partial charge in [-0.1, -0.05) is 20.8 Å². The van der Waals surface area contributed by atoms with Gasteiger partial charge in [0.05, 0.1) is 6.04 Å². The Labute approximate surface area is 91.0 Å². The zero-order valence-electron chi connectivity index (χ0n) is 9.96. The molecule has 0 bridgehead atoms. The SMILES string of the molecule is CN1C(=O)CCC(NCC(C)(C)C)C1=O. The van der Waals surface area contributed by atoms with Crippen LogP contribution in [0.1, 0.15) is 33.6 Å². The van der Waals surface area contributed by atoms with Crippen molar-refractivity contribution in [1.29, 1.82) is 0 Å². The van der Waals surface area contributed by atoms with Crippen LogP contribution >= 0.6 is 0 Å². The summed E-state index contributed by atoms with van der Waals surface area (Å²) in [4.78, 5) is 24.1. The Bertz CT molecular complexity index is 268. The van der Waals surface area contributed by atoms with E-state index in [1.54, 1.807) is 7.05 Å². The molecule has 1 N–H and O–H groups in total. The van der Waals surface area contributed by atoms with E-state index in [9.17, 15) is 9.59 Å². The summed E-state index contributed by atoms with van der Waals surface area (Å²) in [6.45, 7) is 7.12. The minimum absolute atomic E-state index is 0.0752. The Balaban J connectivity index is 2.50. The number of amides is 2. The molecule has 4 nitrogen and oxygen atoms in total. The average Bonchev–Trinajstić information content (AvgIpc) is 2.12. The predicted molar refractivity (Wildman–Crippen MR) is 58.3 cm³/mol. The van der Waals surface area contributed by atoms with Crippen LogP contribution in [0.15, 0.2) is 0 Å². The van der Waals surface area contributed by atoms with Crippen molar-refractivity contribution in [1.82, 2.24) is 10.2 Å². The molecule has 0 aromatic carbocycles. The maximum Gasteiger partial charge on any atom is 0.246 e. The minimum Gasteiger partial charge on any atom is -0.305 e. The zero-order chi connectivity index (χ0) is 11.6. The third kappa shape index (κ3) is 3.30. The molecule has 0 aromatic heterocycles. The van der Waals surface area contributed by atoms with E-state index in [1.807, 2.05) is 0 Å². The molecule has 0 saturated carbocycles. The molecule has 4 heteroatoms. The molecule has 1 unspecified atom stereocenters. The second-order valence-corrected chi connectivity index (χ2v) is 5.32. The minimum atomic E-state index is -0.188. The van der Waals surface area contributed by atoms with Crippen LogP contribution < -0.4 is 5.32 Å². The molecule has 1 fully saturated rings.